The summed E-state index contributed by atoms with van der Waals surface area (Å²) >= 11 is 0. The number of methoxy groups -OCH3 is 1. The number of hydrogen-bond donors (Lipinski definition) is 0. The van der Waals surface area contributed by atoms with Gasteiger partial charge in [0.05, 0.1) is 7.11 Å². The molecule has 21 heavy (non-hydrogen) atoms. The number of ether oxygens (including phenoxy) is 3. The molecular weight excluding hydrogens is 264 g/mol. The van der Waals surface area contributed by atoms with Gasteiger partial charge in [0.1, 0.15) is 30.5 Å². The summed E-state index contributed by atoms with van der Waals surface area (Å²) in [7, 11) is 1.64. The van der Waals surface area contributed by atoms with E-state index in [4.69, 9.17) is 14.2 Å². The van der Waals surface area contributed by atoms with Gasteiger partial charge in [-0.1, -0.05) is 32.0 Å². The van der Waals surface area contributed by atoms with Crippen LogP contribution in [-0.4, -0.2) is 20.3 Å². The van der Waals surface area contributed by atoms with Crippen molar-refractivity contribution >= 4 is 0 Å². The maximum Gasteiger partial charge on any atom is 0.123 e. The first-order valence-corrected chi connectivity index (χ1v) is 7.18. The molecule has 2 aromatic rings. The Hall–Kier alpha value is -2.16. The first-order valence-electron chi connectivity index (χ1n) is 7.18. The van der Waals surface area contributed by atoms with E-state index in [0.29, 0.717) is 19.1 Å². The maximum atomic E-state index is 5.72. The SMILES string of the molecule is COc1cccc(OCCOc2cccc(C(C)C)c2)c1. The molecule has 0 aliphatic heterocycles. The van der Waals surface area contributed by atoms with Crippen molar-refractivity contribution in [1.82, 2.24) is 0 Å². The van der Waals surface area contributed by atoms with Gasteiger partial charge in [-0.2, -0.15) is 0 Å². The highest BCUT2D eigenvalue weighted by molar-refractivity contribution is 5.33. The van der Waals surface area contributed by atoms with Crippen LogP contribution in [-0.2, 0) is 0 Å². The Bertz CT molecular complexity index is 564. The molecule has 0 bridgehead atoms. The number of hydrogen-bond acceptors (Lipinski definition) is 3. The standard InChI is InChI=1S/C18H22O3/c1-14(2)15-6-4-8-17(12-15)20-10-11-21-18-9-5-7-16(13-18)19-3/h4-9,12-14H,10-11H2,1-3H3. The molecule has 0 aliphatic rings. The Labute approximate surface area is 126 Å². The Kier molecular flexibility index (Phi) is 5.50. The molecule has 2 aromatic carbocycles. The van der Waals surface area contributed by atoms with Crippen LogP contribution in [0.25, 0.3) is 0 Å². The average molecular weight is 286 g/mol. The molecule has 0 saturated heterocycles. The molecule has 0 spiro atoms. The summed E-state index contributed by atoms with van der Waals surface area (Å²) in [5.74, 6) is 2.96. The van der Waals surface area contributed by atoms with Gasteiger partial charge in [-0.3, -0.25) is 0 Å². The van der Waals surface area contributed by atoms with E-state index >= 15 is 0 Å². The molecule has 0 radical (unpaired) electrons. The summed E-state index contributed by atoms with van der Waals surface area (Å²) in [5.41, 5.74) is 1.28. The lowest BCUT2D eigenvalue weighted by atomic mass is 10.0. The molecule has 0 atom stereocenters. The lowest BCUT2D eigenvalue weighted by molar-refractivity contribution is 0.216. The predicted octanol–water partition coefficient (Wildman–Crippen LogP) is 4.28. The zero-order valence-corrected chi connectivity index (χ0v) is 12.8. The van der Waals surface area contributed by atoms with Gasteiger partial charge in [0.2, 0.25) is 0 Å². The minimum absolute atomic E-state index is 0.499. The lowest BCUT2D eigenvalue weighted by Crippen LogP contribution is -2.09. The van der Waals surface area contributed by atoms with E-state index in [-0.39, 0.29) is 0 Å². The van der Waals surface area contributed by atoms with E-state index in [9.17, 15) is 0 Å². The normalized spacial score (nSPS) is 10.5. The second-order valence-electron chi connectivity index (χ2n) is 5.10. The van der Waals surface area contributed by atoms with Crippen molar-refractivity contribution < 1.29 is 14.2 Å². The summed E-state index contributed by atoms with van der Waals surface area (Å²) in [6.45, 7) is 5.36. The zero-order valence-electron chi connectivity index (χ0n) is 12.8. The van der Waals surface area contributed by atoms with Crippen molar-refractivity contribution in [2.75, 3.05) is 20.3 Å². The summed E-state index contributed by atoms with van der Waals surface area (Å²) in [5, 5.41) is 0. The van der Waals surface area contributed by atoms with Crippen LogP contribution in [0, 0.1) is 0 Å². The van der Waals surface area contributed by atoms with Gasteiger partial charge in [0.25, 0.3) is 0 Å². The smallest absolute Gasteiger partial charge is 0.123 e. The largest absolute Gasteiger partial charge is 0.497 e. The highest BCUT2D eigenvalue weighted by Crippen LogP contribution is 2.21. The maximum absolute atomic E-state index is 5.72. The van der Waals surface area contributed by atoms with Crippen LogP contribution in [0.5, 0.6) is 17.2 Å². The number of rotatable bonds is 7. The summed E-state index contributed by atoms with van der Waals surface area (Å²) in [4.78, 5) is 0. The second-order valence-corrected chi connectivity index (χ2v) is 5.10. The van der Waals surface area contributed by atoms with E-state index in [1.54, 1.807) is 7.11 Å². The minimum Gasteiger partial charge on any atom is -0.497 e. The second kappa shape index (κ2) is 7.58. The van der Waals surface area contributed by atoms with Gasteiger partial charge in [-0.25, -0.2) is 0 Å². The molecule has 0 amide bonds. The van der Waals surface area contributed by atoms with Crippen molar-refractivity contribution in [2.24, 2.45) is 0 Å². The van der Waals surface area contributed by atoms with Gasteiger partial charge in [-0.15, -0.1) is 0 Å². The van der Waals surface area contributed by atoms with Gasteiger partial charge in [0, 0.05) is 6.07 Å². The Balaban J connectivity index is 1.80. The average Bonchev–Trinajstić information content (AvgIpc) is 2.52. The molecule has 3 heteroatoms. The fraction of sp³-hybridized carbons (Fsp3) is 0.333. The van der Waals surface area contributed by atoms with Crippen molar-refractivity contribution in [3.63, 3.8) is 0 Å². The van der Waals surface area contributed by atoms with Crippen LogP contribution in [0.15, 0.2) is 48.5 Å². The van der Waals surface area contributed by atoms with E-state index in [1.807, 2.05) is 36.4 Å². The molecule has 0 heterocycles. The quantitative estimate of drug-likeness (QED) is 0.711. The summed E-state index contributed by atoms with van der Waals surface area (Å²) in [6, 6.07) is 15.7. The molecular formula is C18H22O3. The Morgan fingerprint density at radius 3 is 2.00 bits per heavy atom. The van der Waals surface area contributed by atoms with Gasteiger partial charge >= 0.3 is 0 Å². The van der Waals surface area contributed by atoms with Crippen LogP contribution in [0.2, 0.25) is 0 Å². The molecule has 0 unspecified atom stereocenters. The lowest BCUT2D eigenvalue weighted by Gasteiger charge is -2.11. The third kappa shape index (κ3) is 4.71. The van der Waals surface area contributed by atoms with Crippen molar-refractivity contribution in [3.05, 3.63) is 54.1 Å². The van der Waals surface area contributed by atoms with E-state index < -0.39 is 0 Å². The van der Waals surface area contributed by atoms with Gasteiger partial charge in [0.15, 0.2) is 0 Å². The Morgan fingerprint density at radius 2 is 1.38 bits per heavy atom. The highest BCUT2D eigenvalue weighted by Gasteiger charge is 2.01. The minimum atomic E-state index is 0.499. The fourth-order valence-electron chi connectivity index (χ4n) is 1.97. The Morgan fingerprint density at radius 1 is 0.810 bits per heavy atom. The monoisotopic (exact) mass is 286 g/mol. The van der Waals surface area contributed by atoms with E-state index in [0.717, 1.165) is 17.2 Å². The zero-order chi connectivity index (χ0) is 15.1. The summed E-state index contributed by atoms with van der Waals surface area (Å²) < 4.78 is 16.5. The topological polar surface area (TPSA) is 27.7 Å². The molecule has 2 rings (SSSR count). The van der Waals surface area contributed by atoms with Crippen LogP contribution in [0.3, 0.4) is 0 Å². The molecule has 0 aliphatic carbocycles. The van der Waals surface area contributed by atoms with Crippen LogP contribution in [0.1, 0.15) is 25.3 Å². The van der Waals surface area contributed by atoms with Crippen LogP contribution >= 0.6 is 0 Å². The van der Waals surface area contributed by atoms with Crippen molar-refractivity contribution in [1.29, 1.82) is 0 Å². The third-order valence-corrected chi connectivity index (χ3v) is 3.19. The fourth-order valence-corrected chi connectivity index (χ4v) is 1.97. The molecule has 0 N–H and O–H groups in total. The summed E-state index contributed by atoms with van der Waals surface area (Å²) in [6.07, 6.45) is 0. The van der Waals surface area contributed by atoms with Crippen LogP contribution in [0.4, 0.5) is 0 Å². The third-order valence-electron chi connectivity index (χ3n) is 3.19. The molecule has 112 valence electrons. The highest BCUT2D eigenvalue weighted by atomic mass is 16.5. The molecule has 0 saturated carbocycles. The van der Waals surface area contributed by atoms with E-state index in [1.165, 1.54) is 5.56 Å². The van der Waals surface area contributed by atoms with Crippen LogP contribution < -0.4 is 14.2 Å². The predicted molar refractivity (Wildman–Crippen MR) is 84.5 cm³/mol. The molecule has 3 nitrogen and oxygen atoms in total. The molecule has 0 fully saturated rings. The van der Waals surface area contributed by atoms with Crippen molar-refractivity contribution in [2.45, 2.75) is 19.8 Å². The van der Waals surface area contributed by atoms with E-state index in [2.05, 4.69) is 26.0 Å². The molecule has 0 aromatic heterocycles. The number of benzene rings is 2. The van der Waals surface area contributed by atoms with Crippen molar-refractivity contribution in [3.8, 4) is 17.2 Å². The van der Waals surface area contributed by atoms with Gasteiger partial charge < -0.3 is 14.2 Å². The first kappa shape index (κ1) is 15.2. The van der Waals surface area contributed by atoms with Gasteiger partial charge in [-0.05, 0) is 35.7 Å². The first-order chi connectivity index (χ1) is 10.2.